The van der Waals surface area contributed by atoms with Crippen LogP contribution in [0.4, 0.5) is 5.69 Å². The summed E-state index contributed by atoms with van der Waals surface area (Å²) in [5.74, 6) is -0.229. The molecule has 0 amide bonds. The molecule has 5 heteroatoms. The number of nitro groups is 1. The van der Waals surface area contributed by atoms with Crippen molar-refractivity contribution in [2.24, 2.45) is 0 Å². The van der Waals surface area contributed by atoms with Crippen LogP contribution in [0, 0.1) is 10.1 Å². The lowest BCUT2D eigenvalue weighted by molar-refractivity contribution is -0.384. The Morgan fingerprint density at radius 3 is 2.39 bits per heavy atom. The van der Waals surface area contributed by atoms with Crippen LogP contribution in [0.15, 0.2) is 24.3 Å². The van der Waals surface area contributed by atoms with E-state index in [-0.39, 0.29) is 17.1 Å². The minimum atomic E-state index is -0.419. The van der Waals surface area contributed by atoms with Crippen molar-refractivity contribution < 1.29 is 14.5 Å². The van der Waals surface area contributed by atoms with Gasteiger partial charge in [0.25, 0.3) is 5.69 Å². The highest BCUT2D eigenvalue weighted by atomic mass is 16.6. The van der Waals surface area contributed by atoms with E-state index in [1.807, 2.05) is 0 Å². The van der Waals surface area contributed by atoms with Crippen molar-refractivity contribution in [3.63, 3.8) is 0 Å². The standard InChI is InChI=1S/C13H15NO4/c1-18-12(15)9-13(7-2-8-13)10-3-5-11(6-4-10)14(16)17/h3-6H,2,7-9H2,1H3. The molecule has 1 aromatic rings. The Bertz CT molecular complexity index is 462. The van der Waals surface area contributed by atoms with Crippen LogP contribution < -0.4 is 0 Å². The number of methoxy groups -OCH3 is 1. The lowest BCUT2D eigenvalue weighted by atomic mass is 9.62. The predicted octanol–water partition coefficient (Wildman–Crippen LogP) is 2.58. The van der Waals surface area contributed by atoms with E-state index in [4.69, 9.17) is 4.74 Å². The number of hydrogen-bond donors (Lipinski definition) is 0. The molecule has 0 radical (unpaired) electrons. The molecule has 1 fully saturated rings. The topological polar surface area (TPSA) is 69.4 Å². The Morgan fingerprint density at radius 1 is 1.39 bits per heavy atom. The van der Waals surface area contributed by atoms with Gasteiger partial charge in [-0.05, 0) is 18.4 Å². The lowest BCUT2D eigenvalue weighted by Gasteiger charge is -2.41. The number of hydrogen-bond acceptors (Lipinski definition) is 4. The van der Waals surface area contributed by atoms with Gasteiger partial charge in [-0.25, -0.2) is 0 Å². The second kappa shape index (κ2) is 4.76. The van der Waals surface area contributed by atoms with Crippen LogP contribution in [0.3, 0.4) is 0 Å². The van der Waals surface area contributed by atoms with E-state index in [0.717, 1.165) is 24.8 Å². The fourth-order valence-corrected chi connectivity index (χ4v) is 2.46. The van der Waals surface area contributed by atoms with Gasteiger partial charge in [-0.1, -0.05) is 18.6 Å². The number of carbonyl (C=O) groups is 1. The van der Waals surface area contributed by atoms with Gasteiger partial charge in [0, 0.05) is 17.5 Å². The van der Waals surface area contributed by atoms with E-state index in [1.165, 1.54) is 19.2 Å². The second-order valence-corrected chi connectivity index (χ2v) is 4.69. The second-order valence-electron chi connectivity index (χ2n) is 4.69. The normalized spacial score (nSPS) is 16.7. The molecular weight excluding hydrogens is 234 g/mol. The van der Waals surface area contributed by atoms with E-state index in [0.29, 0.717) is 6.42 Å². The molecule has 96 valence electrons. The number of rotatable bonds is 4. The molecule has 0 heterocycles. The number of carbonyl (C=O) groups excluding carboxylic acids is 1. The predicted molar refractivity (Wildman–Crippen MR) is 65.3 cm³/mol. The van der Waals surface area contributed by atoms with Gasteiger partial charge in [0.1, 0.15) is 0 Å². The third-order valence-corrected chi connectivity index (χ3v) is 3.71. The zero-order valence-electron chi connectivity index (χ0n) is 10.2. The number of nitrogens with zero attached hydrogens (tertiary/aromatic N) is 1. The SMILES string of the molecule is COC(=O)CC1(c2ccc([N+](=O)[O-])cc2)CCC1. The first-order valence-corrected chi connectivity index (χ1v) is 5.89. The number of esters is 1. The number of nitro benzene ring substituents is 1. The van der Waals surface area contributed by atoms with Crippen molar-refractivity contribution in [1.82, 2.24) is 0 Å². The van der Waals surface area contributed by atoms with E-state index < -0.39 is 4.92 Å². The van der Waals surface area contributed by atoms with Gasteiger partial charge >= 0.3 is 5.97 Å². The molecule has 0 N–H and O–H groups in total. The monoisotopic (exact) mass is 249 g/mol. The summed E-state index contributed by atoms with van der Waals surface area (Å²) in [5.41, 5.74) is 0.887. The number of benzene rings is 1. The average Bonchev–Trinajstić information content (AvgIpc) is 2.33. The summed E-state index contributed by atoms with van der Waals surface area (Å²) in [5, 5.41) is 10.6. The van der Waals surface area contributed by atoms with Gasteiger partial charge in [0.15, 0.2) is 0 Å². The number of non-ortho nitro benzene ring substituents is 1. The summed E-state index contributed by atoms with van der Waals surface area (Å²) < 4.78 is 4.72. The molecule has 1 aromatic carbocycles. The van der Waals surface area contributed by atoms with Crippen molar-refractivity contribution in [3.8, 4) is 0 Å². The van der Waals surface area contributed by atoms with Crippen molar-refractivity contribution in [2.45, 2.75) is 31.1 Å². The zero-order valence-corrected chi connectivity index (χ0v) is 10.2. The van der Waals surface area contributed by atoms with Crippen LogP contribution in [0.5, 0.6) is 0 Å². The van der Waals surface area contributed by atoms with E-state index in [1.54, 1.807) is 12.1 Å². The van der Waals surface area contributed by atoms with Crippen LogP contribution in [0.2, 0.25) is 0 Å². The maximum absolute atomic E-state index is 11.4. The highest BCUT2D eigenvalue weighted by Crippen LogP contribution is 2.46. The van der Waals surface area contributed by atoms with Crippen LogP contribution in [0.25, 0.3) is 0 Å². The third kappa shape index (κ3) is 2.20. The Hall–Kier alpha value is -1.91. The fourth-order valence-electron chi connectivity index (χ4n) is 2.46. The summed E-state index contributed by atoms with van der Waals surface area (Å²) in [7, 11) is 1.38. The Balaban J connectivity index is 2.22. The van der Waals surface area contributed by atoms with Crippen LogP contribution in [-0.2, 0) is 14.9 Å². The lowest BCUT2D eigenvalue weighted by Crippen LogP contribution is -2.36. The largest absolute Gasteiger partial charge is 0.469 e. The van der Waals surface area contributed by atoms with Crippen LogP contribution in [0.1, 0.15) is 31.2 Å². The molecule has 0 bridgehead atoms. The third-order valence-electron chi connectivity index (χ3n) is 3.71. The van der Waals surface area contributed by atoms with E-state index in [9.17, 15) is 14.9 Å². The first-order chi connectivity index (χ1) is 8.57. The summed E-state index contributed by atoms with van der Waals surface area (Å²) in [4.78, 5) is 21.6. The van der Waals surface area contributed by atoms with Gasteiger partial charge in [0.2, 0.25) is 0 Å². The van der Waals surface area contributed by atoms with Gasteiger partial charge in [-0.2, -0.15) is 0 Å². The maximum Gasteiger partial charge on any atom is 0.306 e. The molecule has 0 saturated heterocycles. The molecular formula is C13H15NO4. The smallest absolute Gasteiger partial charge is 0.306 e. The van der Waals surface area contributed by atoms with Crippen LogP contribution >= 0.6 is 0 Å². The molecule has 0 spiro atoms. The molecule has 1 saturated carbocycles. The van der Waals surface area contributed by atoms with Crippen molar-refractivity contribution >= 4 is 11.7 Å². The number of ether oxygens (including phenoxy) is 1. The minimum Gasteiger partial charge on any atom is -0.469 e. The zero-order chi connectivity index (χ0) is 13.2. The van der Waals surface area contributed by atoms with Gasteiger partial charge in [-0.3, -0.25) is 14.9 Å². The first-order valence-electron chi connectivity index (χ1n) is 5.89. The summed E-state index contributed by atoms with van der Waals surface area (Å²) in [6, 6.07) is 6.49. The summed E-state index contributed by atoms with van der Waals surface area (Å²) in [6.45, 7) is 0. The minimum absolute atomic E-state index is 0.0753. The molecule has 2 rings (SSSR count). The van der Waals surface area contributed by atoms with E-state index >= 15 is 0 Å². The van der Waals surface area contributed by atoms with Gasteiger partial charge < -0.3 is 4.74 Å². The molecule has 0 aliphatic heterocycles. The Kier molecular flexibility index (Phi) is 3.32. The highest BCUT2D eigenvalue weighted by Gasteiger charge is 2.40. The summed E-state index contributed by atoms with van der Waals surface area (Å²) in [6.07, 6.45) is 3.29. The van der Waals surface area contributed by atoms with Gasteiger partial charge in [0.05, 0.1) is 18.5 Å². The maximum atomic E-state index is 11.4. The van der Waals surface area contributed by atoms with Crippen LogP contribution in [-0.4, -0.2) is 18.0 Å². The molecule has 0 atom stereocenters. The Morgan fingerprint density at radius 2 is 2.00 bits per heavy atom. The van der Waals surface area contributed by atoms with Crippen molar-refractivity contribution in [3.05, 3.63) is 39.9 Å². The molecule has 18 heavy (non-hydrogen) atoms. The average molecular weight is 249 g/mol. The first kappa shape index (κ1) is 12.5. The molecule has 0 unspecified atom stereocenters. The van der Waals surface area contributed by atoms with Crippen molar-refractivity contribution in [2.75, 3.05) is 7.11 Å². The summed E-state index contributed by atoms with van der Waals surface area (Å²) >= 11 is 0. The molecule has 1 aliphatic carbocycles. The molecule has 0 aromatic heterocycles. The molecule has 5 nitrogen and oxygen atoms in total. The van der Waals surface area contributed by atoms with Crippen molar-refractivity contribution in [1.29, 1.82) is 0 Å². The Labute approximate surface area is 105 Å². The van der Waals surface area contributed by atoms with E-state index in [2.05, 4.69) is 0 Å². The quantitative estimate of drug-likeness (QED) is 0.467. The van der Waals surface area contributed by atoms with Gasteiger partial charge in [-0.15, -0.1) is 0 Å². The fraction of sp³-hybridized carbons (Fsp3) is 0.462. The highest BCUT2D eigenvalue weighted by molar-refractivity contribution is 5.71. The molecule has 1 aliphatic rings.